The van der Waals surface area contributed by atoms with Crippen LogP contribution in [0.2, 0.25) is 0 Å². The maximum Gasteiger partial charge on any atom is 0.123 e. The number of aromatic nitrogens is 2. The number of H-pyrrole nitrogens is 1. The summed E-state index contributed by atoms with van der Waals surface area (Å²) >= 11 is 0. The first kappa shape index (κ1) is 12.6. The van der Waals surface area contributed by atoms with Gasteiger partial charge >= 0.3 is 0 Å². The zero-order chi connectivity index (χ0) is 13.0. The molecule has 0 saturated heterocycles. The van der Waals surface area contributed by atoms with Crippen LogP contribution in [0.1, 0.15) is 29.9 Å². The predicted octanol–water partition coefficient (Wildman–Crippen LogP) is 2.58. The fraction of sp³-hybridized carbons (Fsp3) is 0.357. The maximum absolute atomic E-state index is 5.40. The summed E-state index contributed by atoms with van der Waals surface area (Å²) in [5, 5.41) is 3.43. The number of aryl methyl sites for hydroxylation is 1. The average molecular weight is 245 g/mol. The SMILES string of the molecule is COc1ccc(C)cc1C(C)NCc1ncc[nH]1. The van der Waals surface area contributed by atoms with E-state index in [9.17, 15) is 0 Å². The summed E-state index contributed by atoms with van der Waals surface area (Å²) in [5.74, 6) is 1.86. The van der Waals surface area contributed by atoms with Gasteiger partial charge in [-0.2, -0.15) is 0 Å². The minimum absolute atomic E-state index is 0.213. The number of nitrogens with zero attached hydrogens (tertiary/aromatic N) is 1. The zero-order valence-electron chi connectivity index (χ0n) is 11.0. The number of rotatable bonds is 5. The number of hydrogen-bond acceptors (Lipinski definition) is 3. The van der Waals surface area contributed by atoms with E-state index in [1.807, 2.05) is 12.3 Å². The van der Waals surface area contributed by atoms with Gasteiger partial charge in [-0.1, -0.05) is 17.7 Å². The van der Waals surface area contributed by atoms with Crippen LogP contribution in [0.3, 0.4) is 0 Å². The molecule has 1 aromatic carbocycles. The molecule has 0 amide bonds. The van der Waals surface area contributed by atoms with E-state index < -0.39 is 0 Å². The predicted molar refractivity (Wildman–Crippen MR) is 71.6 cm³/mol. The third-order valence-corrected chi connectivity index (χ3v) is 2.98. The van der Waals surface area contributed by atoms with Crippen molar-refractivity contribution in [2.24, 2.45) is 0 Å². The van der Waals surface area contributed by atoms with Crippen molar-refractivity contribution in [3.8, 4) is 5.75 Å². The van der Waals surface area contributed by atoms with Crippen LogP contribution in [-0.4, -0.2) is 17.1 Å². The third kappa shape index (κ3) is 2.90. The maximum atomic E-state index is 5.40. The van der Waals surface area contributed by atoms with Crippen LogP contribution < -0.4 is 10.1 Å². The molecule has 1 heterocycles. The average Bonchev–Trinajstić information content (AvgIpc) is 2.89. The van der Waals surface area contributed by atoms with Crippen molar-refractivity contribution in [2.45, 2.75) is 26.4 Å². The van der Waals surface area contributed by atoms with Crippen molar-refractivity contribution in [3.05, 3.63) is 47.5 Å². The molecule has 0 spiro atoms. The molecule has 0 aliphatic rings. The number of aromatic amines is 1. The lowest BCUT2D eigenvalue weighted by atomic mass is 10.0. The Labute approximate surface area is 107 Å². The Balaban J connectivity index is 2.08. The summed E-state index contributed by atoms with van der Waals surface area (Å²) in [6, 6.07) is 6.43. The van der Waals surface area contributed by atoms with Crippen molar-refractivity contribution in [2.75, 3.05) is 7.11 Å². The molecule has 2 rings (SSSR count). The van der Waals surface area contributed by atoms with E-state index in [-0.39, 0.29) is 6.04 Å². The van der Waals surface area contributed by atoms with Crippen LogP contribution in [-0.2, 0) is 6.54 Å². The van der Waals surface area contributed by atoms with Gasteiger partial charge in [0.25, 0.3) is 0 Å². The Morgan fingerprint density at radius 1 is 1.44 bits per heavy atom. The highest BCUT2D eigenvalue weighted by atomic mass is 16.5. The van der Waals surface area contributed by atoms with Crippen LogP contribution in [0.15, 0.2) is 30.6 Å². The molecule has 1 aromatic heterocycles. The lowest BCUT2D eigenvalue weighted by Crippen LogP contribution is -2.19. The molecule has 0 saturated carbocycles. The molecule has 1 unspecified atom stereocenters. The standard InChI is InChI=1S/C14H19N3O/c1-10-4-5-13(18-3)12(8-10)11(2)17-9-14-15-6-7-16-14/h4-8,11,17H,9H2,1-3H3,(H,15,16). The van der Waals surface area contributed by atoms with Crippen molar-refractivity contribution < 1.29 is 4.74 Å². The Kier molecular flexibility index (Phi) is 3.99. The van der Waals surface area contributed by atoms with Gasteiger partial charge in [0.15, 0.2) is 0 Å². The van der Waals surface area contributed by atoms with Crippen molar-refractivity contribution in [3.63, 3.8) is 0 Å². The highest BCUT2D eigenvalue weighted by Gasteiger charge is 2.11. The second-order valence-electron chi connectivity index (χ2n) is 4.38. The first-order valence-electron chi connectivity index (χ1n) is 6.07. The Morgan fingerprint density at radius 3 is 2.94 bits per heavy atom. The minimum Gasteiger partial charge on any atom is -0.496 e. The minimum atomic E-state index is 0.213. The van der Waals surface area contributed by atoms with Crippen molar-refractivity contribution in [1.29, 1.82) is 0 Å². The number of imidazole rings is 1. The van der Waals surface area contributed by atoms with Gasteiger partial charge in [0.2, 0.25) is 0 Å². The Morgan fingerprint density at radius 2 is 2.28 bits per heavy atom. The molecular weight excluding hydrogens is 226 g/mol. The number of benzene rings is 1. The van der Waals surface area contributed by atoms with Crippen molar-refractivity contribution in [1.82, 2.24) is 15.3 Å². The highest BCUT2D eigenvalue weighted by Crippen LogP contribution is 2.26. The molecule has 0 fully saturated rings. The molecule has 0 bridgehead atoms. The van der Waals surface area contributed by atoms with Crippen LogP contribution in [0.4, 0.5) is 0 Å². The van der Waals surface area contributed by atoms with Crippen molar-refractivity contribution >= 4 is 0 Å². The summed E-state index contributed by atoms with van der Waals surface area (Å²) in [4.78, 5) is 7.27. The highest BCUT2D eigenvalue weighted by molar-refractivity contribution is 5.38. The Hall–Kier alpha value is -1.81. The molecular formula is C14H19N3O. The van der Waals surface area contributed by atoms with Gasteiger partial charge in [-0.15, -0.1) is 0 Å². The summed E-state index contributed by atoms with van der Waals surface area (Å²) < 4.78 is 5.40. The molecule has 0 aliphatic carbocycles. The van der Waals surface area contributed by atoms with E-state index in [2.05, 4.69) is 41.3 Å². The van der Waals surface area contributed by atoms with Gasteiger partial charge in [0.1, 0.15) is 11.6 Å². The second-order valence-corrected chi connectivity index (χ2v) is 4.38. The molecule has 2 N–H and O–H groups in total. The third-order valence-electron chi connectivity index (χ3n) is 2.98. The molecule has 0 aliphatic heterocycles. The number of nitrogens with one attached hydrogen (secondary N) is 2. The normalized spacial score (nSPS) is 12.4. The molecule has 4 heteroatoms. The summed E-state index contributed by atoms with van der Waals surface area (Å²) in [6.07, 6.45) is 3.59. The molecule has 2 aromatic rings. The summed E-state index contributed by atoms with van der Waals surface area (Å²) in [5.41, 5.74) is 2.40. The first-order chi connectivity index (χ1) is 8.70. The van der Waals surface area contributed by atoms with E-state index in [1.54, 1.807) is 13.3 Å². The Bertz CT molecular complexity index is 494. The van der Waals surface area contributed by atoms with Crippen LogP contribution in [0.5, 0.6) is 5.75 Å². The molecule has 4 nitrogen and oxygen atoms in total. The fourth-order valence-electron chi connectivity index (χ4n) is 1.95. The van der Waals surface area contributed by atoms with E-state index in [4.69, 9.17) is 4.74 Å². The van der Waals surface area contributed by atoms with Gasteiger partial charge in [0, 0.05) is 24.0 Å². The summed E-state index contributed by atoms with van der Waals surface area (Å²) in [7, 11) is 1.70. The number of methoxy groups -OCH3 is 1. The van der Waals surface area contributed by atoms with E-state index in [1.165, 1.54) is 11.1 Å². The number of ether oxygens (including phenoxy) is 1. The molecule has 18 heavy (non-hydrogen) atoms. The van der Waals surface area contributed by atoms with Gasteiger partial charge < -0.3 is 15.0 Å². The molecule has 1 atom stereocenters. The van der Waals surface area contributed by atoms with E-state index in [0.717, 1.165) is 11.6 Å². The monoisotopic (exact) mass is 245 g/mol. The lowest BCUT2D eigenvalue weighted by Gasteiger charge is -2.17. The smallest absolute Gasteiger partial charge is 0.123 e. The van der Waals surface area contributed by atoms with Gasteiger partial charge in [-0.3, -0.25) is 0 Å². The largest absolute Gasteiger partial charge is 0.496 e. The van der Waals surface area contributed by atoms with Gasteiger partial charge in [-0.05, 0) is 19.9 Å². The quantitative estimate of drug-likeness (QED) is 0.851. The summed E-state index contributed by atoms with van der Waals surface area (Å²) in [6.45, 7) is 4.92. The lowest BCUT2D eigenvalue weighted by molar-refractivity contribution is 0.401. The zero-order valence-corrected chi connectivity index (χ0v) is 11.0. The topological polar surface area (TPSA) is 49.9 Å². The molecule has 0 radical (unpaired) electrons. The number of hydrogen-bond donors (Lipinski definition) is 2. The molecule has 96 valence electrons. The first-order valence-corrected chi connectivity index (χ1v) is 6.07. The van der Waals surface area contributed by atoms with Crippen LogP contribution >= 0.6 is 0 Å². The van der Waals surface area contributed by atoms with Crippen LogP contribution in [0.25, 0.3) is 0 Å². The van der Waals surface area contributed by atoms with Gasteiger partial charge in [0.05, 0.1) is 13.7 Å². The van der Waals surface area contributed by atoms with E-state index >= 15 is 0 Å². The fourth-order valence-corrected chi connectivity index (χ4v) is 1.95. The van der Waals surface area contributed by atoms with E-state index in [0.29, 0.717) is 6.54 Å². The van der Waals surface area contributed by atoms with Gasteiger partial charge in [-0.25, -0.2) is 4.98 Å². The van der Waals surface area contributed by atoms with Crippen LogP contribution in [0, 0.1) is 6.92 Å². The second kappa shape index (κ2) is 5.69.